The van der Waals surface area contributed by atoms with E-state index in [9.17, 15) is 4.79 Å². The van der Waals surface area contributed by atoms with E-state index >= 15 is 0 Å². The van der Waals surface area contributed by atoms with Gasteiger partial charge >= 0.3 is 23.0 Å². The van der Waals surface area contributed by atoms with Crippen LogP contribution in [0.2, 0.25) is 0 Å². The maximum absolute atomic E-state index is 12.1. The number of benzene rings is 1. The van der Waals surface area contributed by atoms with Crippen molar-refractivity contribution in [2.75, 3.05) is 6.61 Å². The predicted octanol–water partition coefficient (Wildman–Crippen LogP) is 4.29. The van der Waals surface area contributed by atoms with Crippen LogP contribution in [0.3, 0.4) is 0 Å². The Hall–Kier alpha value is -1.58. The molecule has 2 aromatic rings. The summed E-state index contributed by atoms with van der Waals surface area (Å²) in [4.78, 5) is 12.1. The molecular formula is C22H19FeNO3+2. The zero-order valence-electron chi connectivity index (χ0n) is 14.8. The molecule has 0 bridgehead atoms. The van der Waals surface area contributed by atoms with Gasteiger partial charge < -0.3 is 9.26 Å². The molecule has 0 spiro atoms. The van der Waals surface area contributed by atoms with Gasteiger partial charge in [-0.15, -0.1) is 0 Å². The summed E-state index contributed by atoms with van der Waals surface area (Å²) in [6.45, 7) is 2.06. The van der Waals surface area contributed by atoms with Gasteiger partial charge in [0.15, 0.2) is 11.5 Å². The second kappa shape index (κ2) is 11.3. The number of nitrogens with zero attached hydrogens (tertiary/aromatic N) is 1. The molecule has 1 heterocycles. The Morgan fingerprint density at radius 3 is 2.11 bits per heavy atom. The zero-order chi connectivity index (χ0) is 18.2. The van der Waals surface area contributed by atoms with E-state index < -0.39 is 5.97 Å². The Morgan fingerprint density at radius 1 is 0.963 bits per heavy atom. The van der Waals surface area contributed by atoms with Gasteiger partial charge in [0.05, 0.1) is 6.61 Å². The van der Waals surface area contributed by atoms with Crippen LogP contribution in [-0.2, 0) is 21.8 Å². The maximum Gasteiger partial charge on any atom is 2.00 e. The van der Waals surface area contributed by atoms with E-state index in [2.05, 4.69) is 5.16 Å². The summed E-state index contributed by atoms with van der Waals surface area (Å²) in [5, 5.41) is 3.92. The first-order chi connectivity index (χ1) is 12.8. The van der Waals surface area contributed by atoms with Crippen LogP contribution in [0.5, 0.6) is 0 Å². The van der Waals surface area contributed by atoms with Crippen LogP contribution < -0.4 is 0 Å². The molecule has 0 saturated heterocycles. The molecule has 27 heavy (non-hydrogen) atoms. The molecule has 4 rings (SSSR count). The summed E-state index contributed by atoms with van der Waals surface area (Å²) in [5.41, 5.74) is 1.75. The van der Waals surface area contributed by atoms with Crippen molar-refractivity contribution < 1.29 is 31.1 Å². The van der Waals surface area contributed by atoms with E-state index in [1.54, 1.807) is 6.92 Å². The van der Waals surface area contributed by atoms with Crippen molar-refractivity contribution in [3.05, 3.63) is 105 Å². The Labute approximate surface area is 172 Å². The van der Waals surface area contributed by atoms with Crippen molar-refractivity contribution in [2.45, 2.75) is 6.92 Å². The van der Waals surface area contributed by atoms with Gasteiger partial charge in [-0.2, -0.15) is 0 Å². The SMILES string of the molecule is CCOC(=O)c1noc(-c2ccccc2)c1[C]1[CH][CH][CH][CH]1.[CH]1[CH][CH][CH][CH]1.[Fe+2]. The monoisotopic (exact) mass is 401 g/mol. The van der Waals surface area contributed by atoms with Crippen molar-refractivity contribution in [1.82, 2.24) is 5.16 Å². The van der Waals surface area contributed by atoms with Crippen LogP contribution in [0, 0.1) is 63.7 Å². The summed E-state index contributed by atoms with van der Waals surface area (Å²) in [5.74, 6) is 0.989. The minimum atomic E-state index is -0.473. The first-order valence-corrected chi connectivity index (χ1v) is 8.42. The standard InChI is InChI=1S/C17H14NO3.C5H5.Fe/c1-2-20-17(19)15-14(12-8-6-7-9-12)16(21-18-15)13-10-4-3-5-11-13;1-2-4-5-3-1;/h3-11H,2H2,1H3;1-5H;/q;;+2. The van der Waals surface area contributed by atoms with Crippen molar-refractivity contribution >= 4 is 5.97 Å². The number of hydrogen-bond donors (Lipinski definition) is 0. The van der Waals surface area contributed by atoms with Gasteiger partial charge in [0.1, 0.15) is 0 Å². The number of ether oxygens (including phenoxy) is 1. The number of carbonyl (C=O) groups excluding carboxylic acids is 1. The van der Waals surface area contributed by atoms with E-state index in [4.69, 9.17) is 9.26 Å². The van der Waals surface area contributed by atoms with Gasteiger partial charge in [-0.3, -0.25) is 0 Å². The zero-order valence-corrected chi connectivity index (χ0v) is 15.9. The molecule has 1 aromatic heterocycles. The molecule has 0 atom stereocenters. The smallest absolute Gasteiger partial charge is 0.461 e. The third-order valence-corrected chi connectivity index (χ3v) is 3.70. The van der Waals surface area contributed by atoms with E-state index in [0.717, 1.165) is 11.5 Å². The fraction of sp³-hybridized carbons (Fsp3) is 0.0909. The third-order valence-electron chi connectivity index (χ3n) is 3.70. The molecule has 2 aliphatic rings. The molecule has 0 amide bonds. The molecule has 2 saturated carbocycles. The first-order valence-electron chi connectivity index (χ1n) is 8.42. The third kappa shape index (κ3) is 5.70. The molecule has 10 radical (unpaired) electrons. The van der Waals surface area contributed by atoms with Crippen molar-refractivity contribution in [3.63, 3.8) is 0 Å². The normalized spacial score (nSPS) is 16.3. The molecule has 4 nitrogen and oxygen atoms in total. The largest absolute Gasteiger partial charge is 2.00 e. The second-order valence-electron chi connectivity index (χ2n) is 5.46. The molecule has 1 aromatic carbocycles. The average Bonchev–Trinajstić information content (AvgIpc) is 3.45. The Kier molecular flexibility index (Phi) is 9.09. The minimum absolute atomic E-state index is 0. The Balaban J connectivity index is 0.000000379. The van der Waals surface area contributed by atoms with Gasteiger partial charge in [0, 0.05) is 17.0 Å². The second-order valence-corrected chi connectivity index (χ2v) is 5.46. The quantitative estimate of drug-likeness (QED) is 0.567. The number of hydrogen-bond acceptors (Lipinski definition) is 4. The van der Waals surface area contributed by atoms with Crippen molar-refractivity contribution in [3.8, 4) is 11.3 Å². The predicted molar refractivity (Wildman–Crippen MR) is 98.9 cm³/mol. The molecule has 136 valence electrons. The van der Waals surface area contributed by atoms with Crippen LogP contribution in [0.1, 0.15) is 23.0 Å². The van der Waals surface area contributed by atoms with E-state index in [0.29, 0.717) is 17.9 Å². The Morgan fingerprint density at radius 2 is 1.56 bits per heavy atom. The molecule has 2 fully saturated rings. The summed E-state index contributed by atoms with van der Waals surface area (Å²) in [6, 6.07) is 9.59. The molecule has 0 aliphatic heterocycles. The van der Waals surface area contributed by atoms with Gasteiger partial charge in [0.25, 0.3) is 0 Å². The van der Waals surface area contributed by atoms with Gasteiger partial charge in [0.2, 0.25) is 0 Å². The van der Waals surface area contributed by atoms with Gasteiger partial charge in [-0.1, -0.05) is 35.5 Å². The topological polar surface area (TPSA) is 52.3 Å². The van der Waals surface area contributed by atoms with Gasteiger partial charge in [-0.25, -0.2) is 4.79 Å². The van der Waals surface area contributed by atoms with Crippen LogP contribution >= 0.6 is 0 Å². The van der Waals surface area contributed by atoms with Crippen molar-refractivity contribution in [1.29, 1.82) is 0 Å². The van der Waals surface area contributed by atoms with E-state index in [-0.39, 0.29) is 22.8 Å². The molecule has 0 unspecified atom stereocenters. The minimum Gasteiger partial charge on any atom is -0.461 e. The van der Waals surface area contributed by atoms with Crippen LogP contribution in [0.4, 0.5) is 0 Å². The Bertz CT molecular complexity index is 681. The van der Waals surface area contributed by atoms with E-state index in [1.165, 1.54) is 0 Å². The van der Waals surface area contributed by atoms with E-state index in [1.807, 2.05) is 88.1 Å². The van der Waals surface area contributed by atoms with Crippen molar-refractivity contribution in [2.24, 2.45) is 0 Å². The fourth-order valence-electron chi connectivity index (χ4n) is 2.54. The number of carbonyl (C=O) groups is 1. The molecule has 0 N–H and O–H groups in total. The summed E-state index contributed by atoms with van der Waals surface area (Å²) in [6.07, 6.45) is 17.7. The number of rotatable bonds is 4. The van der Waals surface area contributed by atoms with Crippen LogP contribution in [0.15, 0.2) is 34.9 Å². The van der Waals surface area contributed by atoms with Crippen LogP contribution in [0.25, 0.3) is 11.3 Å². The molecule has 2 aliphatic carbocycles. The summed E-state index contributed by atoms with van der Waals surface area (Å²) >= 11 is 0. The van der Waals surface area contributed by atoms with Gasteiger partial charge in [-0.05, 0) is 64.7 Å². The molecular weight excluding hydrogens is 382 g/mol. The average molecular weight is 401 g/mol. The number of aromatic nitrogens is 1. The molecule has 5 heteroatoms. The maximum atomic E-state index is 12.1. The number of esters is 1. The summed E-state index contributed by atoms with van der Waals surface area (Å²) < 4.78 is 10.5. The first kappa shape index (κ1) is 21.7. The summed E-state index contributed by atoms with van der Waals surface area (Å²) in [7, 11) is 0. The van der Waals surface area contributed by atoms with Crippen LogP contribution in [-0.4, -0.2) is 17.7 Å². The fourth-order valence-corrected chi connectivity index (χ4v) is 2.54.